The fourth-order valence-electron chi connectivity index (χ4n) is 2.39. The van der Waals surface area contributed by atoms with Crippen LogP contribution in [0.1, 0.15) is 19.3 Å². The molecule has 0 saturated carbocycles. The van der Waals surface area contributed by atoms with Gasteiger partial charge in [0.2, 0.25) is 10.0 Å². The summed E-state index contributed by atoms with van der Waals surface area (Å²) >= 11 is 0. The third-order valence-electron chi connectivity index (χ3n) is 3.35. The molecule has 0 radical (unpaired) electrons. The lowest BCUT2D eigenvalue weighted by Crippen LogP contribution is -2.41. The molecule has 1 rings (SSSR count). The number of piperidine rings is 1. The monoisotopic (exact) mass is 294 g/mol. The summed E-state index contributed by atoms with van der Waals surface area (Å²) < 4.78 is 34.9. The van der Waals surface area contributed by atoms with E-state index in [0.717, 1.165) is 19.3 Å². The Morgan fingerprint density at radius 3 is 2.79 bits per heavy atom. The van der Waals surface area contributed by atoms with Gasteiger partial charge in [-0.15, -0.1) is 0 Å². The number of sulfonamides is 1. The maximum atomic E-state index is 11.5. The minimum atomic E-state index is -3.07. The van der Waals surface area contributed by atoms with E-state index in [2.05, 4.69) is 0 Å². The molecule has 1 heterocycles. The zero-order valence-electron chi connectivity index (χ0n) is 11.9. The Labute approximate surface area is 116 Å². The van der Waals surface area contributed by atoms with Crippen LogP contribution in [0.2, 0.25) is 0 Å². The molecule has 1 aliphatic rings. The van der Waals surface area contributed by atoms with E-state index in [9.17, 15) is 8.42 Å². The molecule has 19 heavy (non-hydrogen) atoms. The quantitative estimate of drug-likeness (QED) is 0.639. The summed E-state index contributed by atoms with van der Waals surface area (Å²) in [5.74, 6) is 0.338. The highest BCUT2D eigenvalue weighted by molar-refractivity contribution is 7.88. The molecule has 114 valence electrons. The topological polar surface area (TPSA) is 81.9 Å². The molecule has 0 amide bonds. The predicted molar refractivity (Wildman–Crippen MR) is 74.4 cm³/mol. The van der Waals surface area contributed by atoms with Gasteiger partial charge in [-0.25, -0.2) is 12.7 Å². The van der Waals surface area contributed by atoms with Gasteiger partial charge in [-0.3, -0.25) is 0 Å². The van der Waals surface area contributed by atoms with Crippen LogP contribution in [0.15, 0.2) is 0 Å². The molecule has 0 aromatic carbocycles. The third-order valence-corrected chi connectivity index (χ3v) is 4.62. The Morgan fingerprint density at radius 1 is 1.42 bits per heavy atom. The fourth-order valence-corrected chi connectivity index (χ4v) is 3.34. The number of hydrogen-bond donors (Lipinski definition) is 1. The summed E-state index contributed by atoms with van der Waals surface area (Å²) in [5, 5.41) is 0. The van der Waals surface area contributed by atoms with Gasteiger partial charge < -0.3 is 15.2 Å². The molecule has 6 nitrogen and oxygen atoms in total. The zero-order chi connectivity index (χ0) is 14.3. The van der Waals surface area contributed by atoms with E-state index in [1.54, 1.807) is 11.4 Å². The van der Waals surface area contributed by atoms with E-state index in [0.29, 0.717) is 38.8 Å². The molecule has 0 aromatic heterocycles. The van der Waals surface area contributed by atoms with Gasteiger partial charge in [0, 0.05) is 26.2 Å². The molecule has 1 aliphatic heterocycles. The van der Waals surface area contributed by atoms with Crippen LogP contribution in [0.4, 0.5) is 0 Å². The van der Waals surface area contributed by atoms with Crippen molar-refractivity contribution in [2.45, 2.75) is 25.3 Å². The molecule has 2 unspecified atom stereocenters. The average Bonchev–Trinajstić information content (AvgIpc) is 2.34. The number of nitrogens with zero attached hydrogens (tertiary/aromatic N) is 1. The first-order valence-electron chi connectivity index (χ1n) is 6.71. The average molecular weight is 294 g/mol. The lowest BCUT2D eigenvalue weighted by atomic mass is 9.93. The molecular formula is C12H26N2O4S. The van der Waals surface area contributed by atoms with Crippen molar-refractivity contribution in [2.75, 3.05) is 46.3 Å². The van der Waals surface area contributed by atoms with Crippen molar-refractivity contribution in [1.29, 1.82) is 0 Å². The van der Waals surface area contributed by atoms with Crippen LogP contribution in [0.25, 0.3) is 0 Å². The largest absolute Gasteiger partial charge is 0.382 e. The highest BCUT2D eigenvalue weighted by Crippen LogP contribution is 2.22. The summed E-state index contributed by atoms with van der Waals surface area (Å²) in [6.07, 6.45) is 4.02. The maximum absolute atomic E-state index is 11.5. The van der Waals surface area contributed by atoms with Crippen LogP contribution >= 0.6 is 0 Å². The van der Waals surface area contributed by atoms with Crippen molar-refractivity contribution in [1.82, 2.24) is 4.31 Å². The van der Waals surface area contributed by atoms with E-state index < -0.39 is 10.0 Å². The van der Waals surface area contributed by atoms with Gasteiger partial charge in [-0.2, -0.15) is 0 Å². The van der Waals surface area contributed by atoms with Crippen LogP contribution in [0.5, 0.6) is 0 Å². The lowest BCUT2D eigenvalue weighted by Gasteiger charge is -2.32. The Morgan fingerprint density at radius 2 is 2.16 bits per heavy atom. The summed E-state index contributed by atoms with van der Waals surface area (Å²) in [4.78, 5) is 0. The van der Waals surface area contributed by atoms with Crippen LogP contribution < -0.4 is 5.73 Å². The van der Waals surface area contributed by atoms with Crippen molar-refractivity contribution < 1.29 is 17.9 Å². The molecule has 1 fully saturated rings. The second kappa shape index (κ2) is 8.16. The fraction of sp³-hybridized carbons (Fsp3) is 1.00. The second-order valence-corrected chi connectivity index (χ2v) is 7.18. The van der Waals surface area contributed by atoms with Gasteiger partial charge in [0.1, 0.15) is 0 Å². The van der Waals surface area contributed by atoms with Crippen LogP contribution in [-0.4, -0.2) is 65.0 Å². The number of rotatable bonds is 8. The molecule has 0 aromatic rings. The summed E-state index contributed by atoms with van der Waals surface area (Å²) in [6, 6.07) is -0.0404. The van der Waals surface area contributed by atoms with Gasteiger partial charge in [-0.05, 0) is 25.2 Å². The highest BCUT2D eigenvalue weighted by atomic mass is 32.2. The van der Waals surface area contributed by atoms with Crippen LogP contribution in [0.3, 0.4) is 0 Å². The number of ether oxygens (including phenoxy) is 2. The molecule has 0 aliphatic carbocycles. The highest BCUT2D eigenvalue weighted by Gasteiger charge is 2.26. The van der Waals surface area contributed by atoms with Crippen LogP contribution in [0, 0.1) is 5.92 Å². The van der Waals surface area contributed by atoms with Crippen molar-refractivity contribution in [3.8, 4) is 0 Å². The Hall–Kier alpha value is -0.210. The molecule has 2 atom stereocenters. The second-order valence-electron chi connectivity index (χ2n) is 5.19. The van der Waals surface area contributed by atoms with Gasteiger partial charge in [-0.1, -0.05) is 0 Å². The van der Waals surface area contributed by atoms with E-state index >= 15 is 0 Å². The first-order valence-corrected chi connectivity index (χ1v) is 8.55. The third kappa shape index (κ3) is 6.67. The SMILES string of the molecule is COCCOCC(N)CC1CCCN(S(C)(=O)=O)C1. The number of methoxy groups -OCH3 is 1. The standard InChI is InChI=1S/C12H26N2O4S/c1-17-6-7-18-10-12(13)8-11-4-3-5-14(9-11)19(2,15)16/h11-12H,3-10,13H2,1-2H3. The first-order chi connectivity index (χ1) is 8.93. The zero-order valence-corrected chi connectivity index (χ0v) is 12.7. The van der Waals surface area contributed by atoms with Gasteiger partial charge in [0.25, 0.3) is 0 Å². The summed E-state index contributed by atoms with van der Waals surface area (Å²) in [7, 11) is -1.44. The lowest BCUT2D eigenvalue weighted by molar-refractivity contribution is 0.0591. The number of nitrogens with two attached hydrogens (primary N) is 1. The Balaban J connectivity index is 2.28. The van der Waals surface area contributed by atoms with E-state index in [1.807, 2.05) is 0 Å². The molecular weight excluding hydrogens is 268 g/mol. The van der Waals surface area contributed by atoms with Gasteiger partial charge in [0.05, 0.1) is 26.1 Å². The van der Waals surface area contributed by atoms with E-state index in [-0.39, 0.29) is 6.04 Å². The summed E-state index contributed by atoms with van der Waals surface area (Å²) in [5.41, 5.74) is 6.01. The van der Waals surface area contributed by atoms with Crippen molar-refractivity contribution in [3.63, 3.8) is 0 Å². The maximum Gasteiger partial charge on any atom is 0.211 e. The molecule has 7 heteroatoms. The van der Waals surface area contributed by atoms with E-state index in [1.165, 1.54) is 6.26 Å². The van der Waals surface area contributed by atoms with Crippen molar-refractivity contribution in [2.24, 2.45) is 11.7 Å². The van der Waals surface area contributed by atoms with Gasteiger partial charge >= 0.3 is 0 Å². The first kappa shape index (κ1) is 16.8. The minimum absolute atomic E-state index is 0.0404. The molecule has 0 spiro atoms. The summed E-state index contributed by atoms with van der Waals surface area (Å²) in [6.45, 7) is 2.83. The molecule has 0 bridgehead atoms. The van der Waals surface area contributed by atoms with Crippen LogP contribution in [-0.2, 0) is 19.5 Å². The normalized spacial score (nSPS) is 23.4. The molecule has 1 saturated heterocycles. The Bertz CT molecular complexity index is 348. The van der Waals surface area contributed by atoms with Crippen molar-refractivity contribution >= 4 is 10.0 Å². The molecule has 2 N–H and O–H groups in total. The predicted octanol–water partition coefficient (Wildman–Crippen LogP) is 0.0384. The number of hydrogen-bond acceptors (Lipinski definition) is 5. The smallest absolute Gasteiger partial charge is 0.211 e. The van der Waals surface area contributed by atoms with E-state index in [4.69, 9.17) is 15.2 Å². The van der Waals surface area contributed by atoms with Crippen molar-refractivity contribution in [3.05, 3.63) is 0 Å². The van der Waals surface area contributed by atoms with Gasteiger partial charge in [0.15, 0.2) is 0 Å². The Kier molecular flexibility index (Phi) is 7.23. The minimum Gasteiger partial charge on any atom is -0.382 e.